The number of halogens is 3. The highest BCUT2D eigenvalue weighted by Gasteiger charge is 2.34. The van der Waals surface area contributed by atoms with Crippen molar-refractivity contribution in [2.75, 3.05) is 13.1 Å². The van der Waals surface area contributed by atoms with Crippen LogP contribution < -0.4 is 5.11 Å². The molecule has 21 heavy (non-hydrogen) atoms. The van der Waals surface area contributed by atoms with Gasteiger partial charge in [-0.15, -0.1) is 0 Å². The molecule has 0 radical (unpaired) electrons. The molecule has 3 heterocycles. The van der Waals surface area contributed by atoms with E-state index >= 15 is 0 Å². The minimum absolute atomic E-state index is 0.0331. The fourth-order valence-corrected chi connectivity index (χ4v) is 2.51. The second kappa shape index (κ2) is 4.77. The molecule has 0 bridgehead atoms. The molecule has 2 aliphatic rings. The lowest BCUT2D eigenvalue weighted by Gasteiger charge is -2.41. The van der Waals surface area contributed by atoms with Gasteiger partial charge in [0.1, 0.15) is 12.3 Å². The van der Waals surface area contributed by atoms with Gasteiger partial charge in [-0.05, 0) is 22.1 Å². The number of hydrogen-bond acceptors (Lipinski definition) is 3. The third kappa shape index (κ3) is 2.73. The molecule has 110 valence electrons. The quantitative estimate of drug-likeness (QED) is 0.612. The molecule has 0 aromatic carbocycles. The fourth-order valence-electron chi connectivity index (χ4n) is 2.30. The number of rotatable bonds is 2. The lowest BCUT2D eigenvalue weighted by Crippen LogP contribution is -2.53. The molecular weight excluding hydrogens is 304 g/mol. The summed E-state index contributed by atoms with van der Waals surface area (Å²) in [6.07, 6.45) is 1.50. The van der Waals surface area contributed by atoms with Gasteiger partial charge >= 0.3 is 11.7 Å². The molecule has 0 saturated carbocycles. The maximum absolute atomic E-state index is 13.1. The molecule has 1 fully saturated rings. The third-order valence-corrected chi connectivity index (χ3v) is 3.64. The van der Waals surface area contributed by atoms with Crippen LogP contribution in [0.4, 0.5) is 19.4 Å². The number of alkyl halides is 2. The van der Waals surface area contributed by atoms with E-state index in [2.05, 4.69) is 4.98 Å². The van der Waals surface area contributed by atoms with Gasteiger partial charge in [0, 0.05) is 37.2 Å². The number of hydrogen-bond donors (Lipinski definition) is 0. The van der Waals surface area contributed by atoms with Crippen LogP contribution in [-0.2, 0) is 0 Å². The van der Waals surface area contributed by atoms with Gasteiger partial charge in [0.05, 0.1) is 6.20 Å². The predicted octanol–water partition coefficient (Wildman–Crippen LogP) is 1.35. The number of carbonyl (C=O) groups excluding carboxylic acids is 1. The Morgan fingerprint density at radius 1 is 1.48 bits per heavy atom. The van der Waals surface area contributed by atoms with Gasteiger partial charge in [0.25, 0.3) is 0 Å². The van der Waals surface area contributed by atoms with Crippen molar-refractivity contribution in [1.29, 1.82) is 0 Å². The molecule has 2 aliphatic heterocycles. The van der Waals surface area contributed by atoms with Crippen molar-refractivity contribution < 1.29 is 23.3 Å². The van der Waals surface area contributed by atoms with E-state index in [-0.39, 0.29) is 16.9 Å². The fraction of sp³-hybridized carbons (Fsp3) is 0.308. The van der Waals surface area contributed by atoms with Crippen molar-refractivity contribution in [1.82, 2.24) is 9.88 Å². The van der Waals surface area contributed by atoms with Gasteiger partial charge in [0.2, 0.25) is 5.15 Å². The highest BCUT2D eigenvalue weighted by Crippen LogP contribution is 2.31. The summed E-state index contributed by atoms with van der Waals surface area (Å²) in [4.78, 5) is 15.8. The van der Waals surface area contributed by atoms with Crippen LogP contribution in [0.15, 0.2) is 24.4 Å². The zero-order valence-corrected chi connectivity index (χ0v) is 11.4. The van der Waals surface area contributed by atoms with E-state index in [1.165, 1.54) is 10.8 Å². The van der Waals surface area contributed by atoms with Crippen molar-refractivity contribution in [2.45, 2.75) is 11.8 Å². The van der Waals surface area contributed by atoms with E-state index in [4.69, 9.17) is 11.6 Å². The Kier molecular flexibility index (Phi) is 3.16. The number of aromatic nitrogens is 1. The smallest absolute Gasteiger partial charge is 0.329 e. The van der Waals surface area contributed by atoms with Crippen molar-refractivity contribution >= 4 is 29.7 Å². The molecule has 5 nitrogen and oxygen atoms in total. The Bertz CT molecular complexity index is 669. The number of carboxylic acid groups (broad SMARTS) is 1. The average Bonchev–Trinajstić information content (AvgIpc) is 2.66. The Balaban J connectivity index is 1.85. The zero-order valence-electron chi connectivity index (χ0n) is 10.7. The largest absolute Gasteiger partial charge is 0.530 e. The van der Waals surface area contributed by atoms with Gasteiger partial charge in [-0.1, -0.05) is 0 Å². The van der Waals surface area contributed by atoms with Gasteiger partial charge in [-0.25, -0.2) is 4.58 Å². The average molecular weight is 314 g/mol. The molecule has 0 N–H and O–H groups in total. The maximum atomic E-state index is 13.1. The second-order valence-corrected chi connectivity index (χ2v) is 5.36. The van der Waals surface area contributed by atoms with Crippen LogP contribution in [0.25, 0.3) is 0 Å². The summed E-state index contributed by atoms with van der Waals surface area (Å²) in [6.45, 7) is 0.607. The SMILES string of the molecule is O=C([O-])N1CC(c2cc(Cl)nc([N+]3=CC(F)(F)C=C3)c2)C1. The standard InChI is InChI=1S/C13H10ClF2N3O2/c14-10-3-8(9-5-19(6-9)12(20)21)4-11(17-10)18-2-1-13(15,16)7-18/h1-4,7,9H,5-6H2. The van der Waals surface area contributed by atoms with E-state index in [1.807, 2.05) is 0 Å². The Morgan fingerprint density at radius 2 is 2.19 bits per heavy atom. The van der Waals surface area contributed by atoms with Crippen LogP contribution in [0.3, 0.4) is 0 Å². The van der Waals surface area contributed by atoms with Gasteiger partial charge in [0.15, 0.2) is 0 Å². The van der Waals surface area contributed by atoms with Crippen molar-refractivity contribution in [3.05, 3.63) is 35.1 Å². The van der Waals surface area contributed by atoms with Gasteiger partial charge < -0.3 is 14.8 Å². The second-order valence-electron chi connectivity index (χ2n) is 4.98. The first kappa shape index (κ1) is 13.9. The normalized spacial score (nSPS) is 20.3. The van der Waals surface area contributed by atoms with Gasteiger partial charge in [-0.3, -0.25) is 0 Å². The van der Waals surface area contributed by atoms with Crippen LogP contribution in [0.1, 0.15) is 11.5 Å². The first-order chi connectivity index (χ1) is 9.84. The first-order valence-electron chi connectivity index (χ1n) is 6.19. The van der Waals surface area contributed by atoms with Crippen LogP contribution >= 0.6 is 11.6 Å². The number of amides is 1. The van der Waals surface area contributed by atoms with Crippen LogP contribution in [0.2, 0.25) is 5.15 Å². The maximum Gasteiger partial charge on any atom is 0.329 e. The summed E-state index contributed by atoms with van der Waals surface area (Å²) in [7, 11) is 0. The third-order valence-electron chi connectivity index (χ3n) is 3.45. The number of pyridine rings is 1. The number of allylic oxidation sites excluding steroid dienone is 1. The molecule has 0 aliphatic carbocycles. The van der Waals surface area contributed by atoms with E-state index in [0.717, 1.165) is 22.8 Å². The minimum Gasteiger partial charge on any atom is -0.530 e. The number of carbonyl (C=O) groups is 1. The molecule has 3 rings (SSSR count). The summed E-state index contributed by atoms with van der Waals surface area (Å²) in [5, 5.41) is 10.8. The van der Waals surface area contributed by atoms with E-state index < -0.39 is 12.0 Å². The Morgan fingerprint density at radius 3 is 2.76 bits per heavy atom. The lowest BCUT2D eigenvalue weighted by atomic mass is 9.92. The molecule has 8 heteroatoms. The van der Waals surface area contributed by atoms with E-state index in [9.17, 15) is 18.7 Å². The number of nitrogens with zero attached hydrogens (tertiary/aromatic N) is 3. The molecule has 1 aromatic heterocycles. The monoisotopic (exact) mass is 313 g/mol. The topological polar surface area (TPSA) is 59.3 Å². The lowest BCUT2D eigenvalue weighted by molar-refractivity contribution is -0.358. The summed E-state index contributed by atoms with van der Waals surface area (Å²) in [5.41, 5.74) is 0.763. The van der Waals surface area contributed by atoms with Crippen molar-refractivity contribution in [3.8, 4) is 0 Å². The highest BCUT2D eigenvalue weighted by molar-refractivity contribution is 6.29. The summed E-state index contributed by atoms with van der Waals surface area (Å²) < 4.78 is 27.5. The number of likely N-dealkylation sites (tertiary alicyclic amines) is 1. The first-order valence-corrected chi connectivity index (χ1v) is 6.57. The summed E-state index contributed by atoms with van der Waals surface area (Å²) >= 11 is 5.92. The Labute approximate surface area is 123 Å². The highest BCUT2D eigenvalue weighted by atomic mass is 35.5. The molecule has 0 atom stereocenters. The van der Waals surface area contributed by atoms with Crippen LogP contribution in [0, 0.1) is 0 Å². The van der Waals surface area contributed by atoms with Crippen LogP contribution in [-0.4, -0.2) is 45.8 Å². The molecular formula is C13H10ClF2N3O2. The molecule has 0 unspecified atom stereocenters. The van der Waals surface area contributed by atoms with E-state index in [0.29, 0.717) is 13.1 Å². The minimum atomic E-state index is -3.01. The van der Waals surface area contributed by atoms with Gasteiger partial charge in [-0.2, -0.15) is 8.78 Å². The Hall–Kier alpha value is -2.02. The van der Waals surface area contributed by atoms with Crippen LogP contribution in [0.5, 0.6) is 0 Å². The van der Waals surface area contributed by atoms with Crippen molar-refractivity contribution in [3.63, 3.8) is 0 Å². The molecule has 0 spiro atoms. The predicted molar refractivity (Wildman–Crippen MR) is 69.0 cm³/mol. The van der Waals surface area contributed by atoms with Crippen molar-refractivity contribution in [2.24, 2.45) is 0 Å². The molecule has 1 amide bonds. The summed E-state index contributed by atoms with van der Waals surface area (Å²) in [6, 6.07) is 3.24. The molecule has 1 aromatic rings. The van der Waals surface area contributed by atoms with E-state index in [1.54, 1.807) is 12.1 Å². The zero-order chi connectivity index (χ0) is 15.2. The summed E-state index contributed by atoms with van der Waals surface area (Å²) in [5.74, 6) is -2.76. The molecule has 1 saturated heterocycles.